The number of hydrogen-bond acceptors (Lipinski definition) is 6. The quantitative estimate of drug-likeness (QED) is 0.365. The van der Waals surface area contributed by atoms with E-state index in [-0.39, 0.29) is 24.0 Å². The summed E-state index contributed by atoms with van der Waals surface area (Å²) in [5, 5.41) is 4.60. The number of halogens is 1. The van der Waals surface area contributed by atoms with Crippen LogP contribution in [0.1, 0.15) is 30.3 Å². The smallest absolute Gasteiger partial charge is 0.205 e. The minimum atomic E-state index is 0. The van der Waals surface area contributed by atoms with E-state index in [1.807, 2.05) is 7.05 Å². The van der Waals surface area contributed by atoms with Gasteiger partial charge in [0.15, 0.2) is 5.96 Å². The van der Waals surface area contributed by atoms with Gasteiger partial charge >= 0.3 is 0 Å². The molecule has 1 aromatic carbocycles. The number of rotatable bonds is 4. The Morgan fingerprint density at radius 3 is 2.70 bits per heavy atom. The van der Waals surface area contributed by atoms with Crippen molar-refractivity contribution in [2.24, 2.45) is 4.99 Å². The van der Waals surface area contributed by atoms with Crippen LogP contribution in [0, 0.1) is 0 Å². The molecule has 9 heteroatoms. The molecule has 1 fully saturated rings. The van der Waals surface area contributed by atoms with Crippen molar-refractivity contribution in [3.8, 4) is 0 Å². The molecule has 0 aliphatic carbocycles. The Kier molecular flexibility index (Phi) is 8.15. The third kappa shape index (κ3) is 5.16. The lowest BCUT2D eigenvalue weighted by Gasteiger charge is -2.36. The third-order valence-corrected chi connectivity index (χ3v) is 6.60. The summed E-state index contributed by atoms with van der Waals surface area (Å²) in [6.07, 6.45) is 3.31. The Labute approximate surface area is 200 Å². The molecule has 1 N–H and O–H groups in total. The van der Waals surface area contributed by atoms with Crippen LogP contribution in [-0.2, 0) is 19.4 Å². The molecule has 0 atom stereocenters. The number of aliphatic imine (C=N–C) groups is 1. The highest BCUT2D eigenvalue weighted by Gasteiger charge is 2.22. The van der Waals surface area contributed by atoms with Crippen molar-refractivity contribution in [3.05, 3.63) is 35.2 Å². The number of nitrogens with zero attached hydrogens (tertiary/aromatic N) is 6. The van der Waals surface area contributed by atoms with Gasteiger partial charge in [-0.2, -0.15) is 4.37 Å². The van der Waals surface area contributed by atoms with Crippen LogP contribution in [0.2, 0.25) is 0 Å². The van der Waals surface area contributed by atoms with Gasteiger partial charge in [-0.15, -0.1) is 24.0 Å². The highest BCUT2D eigenvalue weighted by Crippen LogP contribution is 2.26. The van der Waals surface area contributed by atoms with Crippen LogP contribution in [0.25, 0.3) is 0 Å². The minimum absolute atomic E-state index is 0. The Morgan fingerprint density at radius 2 is 2.00 bits per heavy atom. The van der Waals surface area contributed by atoms with Gasteiger partial charge in [-0.25, -0.2) is 4.98 Å². The zero-order chi connectivity index (χ0) is 20.2. The van der Waals surface area contributed by atoms with Gasteiger partial charge in [0.2, 0.25) is 5.13 Å². The molecule has 4 rings (SSSR count). The molecule has 1 aromatic heterocycles. The predicted molar refractivity (Wildman–Crippen MR) is 137 cm³/mol. The fourth-order valence-electron chi connectivity index (χ4n) is 4.09. The number of aryl methyl sites for hydroxylation is 2. The first kappa shape index (κ1) is 23.1. The Morgan fingerprint density at radius 1 is 1.20 bits per heavy atom. The molecule has 0 amide bonds. The zero-order valence-corrected chi connectivity index (χ0v) is 21.2. The number of benzene rings is 1. The van der Waals surface area contributed by atoms with E-state index in [0.717, 1.165) is 62.6 Å². The largest absolute Gasteiger partial charge is 0.374 e. The van der Waals surface area contributed by atoms with Crippen LogP contribution in [-0.4, -0.2) is 67.0 Å². The molecular formula is C21H32IN7S. The first-order valence-corrected chi connectivity index (χ1v) is 11.3. The van der Waals surface area contributed by atoms with Crippen molar-refractivity contribution < 1.29 is 0 Å². The summed E-state index contributed by atoms with van der Waals surface area (Å²) in [5.41, 5.74) is 4.16. The van der Waals surface area contributed by atoms with E-state index in [4.69, 9.17) is 0 Å². The van der Waals surface area contributed by atoms with Gasteiger partial charge in [0.05, 0.1) is 0 Å². The molecule has 7 nitrogen and oxygen atoms in total. The maximum Gasteiger partial charge on any atom is 0.205 e. The highest BCUT2D eigenvalue weighted by atomic mass is 127. The average Bonchev–Trinajstić information content (AvgIpc) is 3.24. The van der Waals surface area contributed by atoms with E-state index in [9.17, 15) is 0 Å². The number of hydrogen-bond donors (Lipinski definition) is 1. The summed E-state index contributed by atoms with van der Waals surface area (Å²) in [6.45, 7) is 7.83. The van der Waals surface area contributed by atoms with Gasteiger partial charge in [0.25, 0.3) is 0 Å². The minimum Gasteiger partial charge on any atom is -0.374 e. The van der Waals surface area contributed by atoms with E-state index in [1.165, 1.54) is 41.2 Å². The second-order valence-corrected chi connectivity index (χ2v) is 8.44. The van der Waals surface area contributed by atoms with Gasteiger partial charge < -0.3 is 20.0 Å². The fraction of sp³-hybridized carbons (Fsp3) is 0.571. The van der Waals surface area contributed by atoms with Crippen molar-refractivity contribution in [2.75, 3.05) is 56.6 Å². The van der Waals surface area contributed by atoms with Crippen molar-refractivity contribution >= 4 is 52.3 Å². The molecule has 2 aromatic rings. The van der Waals surface area contributed by atoms with Gasteiger partial charge in [0, 0.05) is 77.0 Å². The van der Waals surface area contributed by atoms with Crippen LogP contribution in [0.3, 0.4) is 0 Å². The number of nitrogens with one attached hydrogen (secondary N) is 1. The lowest BCUT2D eigenvalue weighted by molar-refractivity contribution is 0.372. The molecule has 0 radical (unpaired) electrons. The van der Waals surface area contributed by atoms with E-state index < -0.39 is 0 Å². The summed E-state index contributed by atoms with van der Waals surface area (Å²) in [4.78, 5) is 16.2. The van der Waals surface area contributed by atoms with Crippen LogP contribution < -0.4 is 15.1 Å². The van der Waals surface area contributed by atoms with Gasteiger partial charge in [-0.1, -0.05) is 19.1 Å². The molecule has 3 heterocycles. The highest BCUT2D eigenvalue weighted by molar-refractivity contribution is 14.0. The van der Waals surface area contributed by atoms with E-state index in [2.05, 4.69) is 66.5 Å². The Bertz CT molecular complexity index is 861. The number of aromatic nitrogens is 2. The number of anilines is 2. The summed E-state index contributed by atoms with van der Waals surface area (Å²) in [6, 6.07) is 6.85. The molecule has 164 valence electrons. The van der Waals surface area contributed by atoms with Crippen molar-refractivity contribution in [3.63, 3.8) is 0 Å². The Balaban J connectivity index is 0.00000256. The van der Waals surface area contributed by atoms with Gasteiger partial charge in [-0.3, -0.25) is 4.99 Å². The molecular weight excluding hydrogens is 509 g/mol. The van der Waals surface area contributed by atoms with Gasteiger partial charge in [-0.05, 0) is 30.0 Å². The first-order valence-electron chi connectivity index (χ1n) is 10.5. The molecule has 2 aliphatic heterocycles. The van der Waals surface area contributed by atoms with E-state index >= 15 is 0 Å². The fourth-order valence-corrected chi connectivity index (χ4v) is 4.89. The number of fused-ring (bicyclic) bond motifs is 1. The second kappa shape index (κ2) is 10.6. The van der Waals surface area contributed by atoms with Crippen LogP contribution in [0.15, 0.2) is 23.2 Å². The normalized spacial score (nSPS) is 16.9. The molecule has 30 heavy (non-hydrogen) atoms. The lowest BCUT2D eigenvalue weighted by atomic mass is 9.99. The molecule has 0 saturated carbocycles. The third-order valence-electron chi connectivity index (χ3n) is 5.78. The lowest BCUT2D eigenvalue weighted by Crippen LogP contribution is -2.52. The van der Waals surface area contributed by atoms with Crippen molar-refractivity contribution in [2.45, 2.75) is 32.7 Å². The summed E-state index contributed by atoms with van der Waals surface area (Å²) < 4.78 is 4.41. The number of piperazine rings is 1. The molecule has 0 unspecified atom stereocenters. The molecule has 1 saturated heterocycles. The topological polar surface area (TPSA) is 59.9 Å². The summed E-state index contributed by atoms with van der Waals surface area (Å²) in [5.74, 6) is 1.92. The molecule has 0 spiro atoms. The SMILES string of the molecule is CCc1nsc(N2CCN(C(=NC)NCc3ccc4c(c3)CCCN4C)CC2)n1.I. The van der Waals surface area contributed by atoms with Crippen LogP contribution in [0.4, 0.5) is 10.8 Å². The van der Waals surface area contributed by atoms with Crippen LogP contribution >= 0.6 is 35.5 Å². The maximum absolute atomic E-state index is 4.62. The zero-order valence-electron chi connectivity index (χ0n) is 18.1. The first-order chi connectivity index (χ1) is 14.2. The summed E-state index contributed by atoms with van der Waals surface area (Å²) >= 11 is 1.51. The molecule has 0 bridgehead atoms. The second-order valence-electron chi connectivity index (χ2n) is 7.71. The Hall–Kier alpha value is -1.62. The van der Waals surface area contributed by atoms with Crippen molar-refractivity contribution in [1.29, 1.82) is 0 Å². The van der Waals surface area contributed by atoms with E-state index in [0.29, 0.717) is 0 Å². The van der Waals surface area contributed by atoms with Gasteiger partial charge in [0.1, 0.15) is 5.82 Å². The number of guanidine groups is 1. The predicted octanol–water partition coefficient (Wildman–Crippen LogP) is 3.00. The monoisotopic (exact) mass is 541 g/mol. The average molecular weight is 542 g/mol. The standard InChI is InChI=1S/C21H31N7S.HI/c1-4-19-24-21(29-25-19)28-12-10-27(11-13-28)20(22-2)23-15-16-7-8-18-17(14-16)6-5-9-26(18)3;/h7-8,14H,4-6,9-13,15H2,1-3H3,(H,22,23);1H. The summed E-state index contributed by atoms with van der Waals surface area (Å²) in [7, 11) is 4.05. The maximum atomic E-state index is 4.62. The van der Waals surface area contributed by atoms with Crippen molar-refractivity contribution in [1.82, 2.24) is 19.6 Å². The van der Waals surface area contributed by atoms with E-state index in [1.54, 1.807) is 0 Å². The van der Waals surface area contributed by atoms with Crippen LogP contribution in [0.5, 0.6) is 0 Å². The molecule has 2 aliphatic rings.